The smallest absolute Gasteiger partial charge is 0.333 e. The van der Waals surface area contributed by atoms with Crippen molar-refractivity contribution in [3.63, 3.8) is 0 Å². The Balaban J connectivity index is 2.50. The van der Waals surface area contributed by atoms with E-state index in [-0.39, 0.29) is 5.82 Å². The topological polar surface area (TPSA) is 41.7 Å². The summed E-state index contributed by atoms with van der Waals surface area (Å²) in [6.45, 7) is 1.80. The number of nitrogens with one attached hydrogen (secondary N) is 1. The molecule has 3 nitrogen and oxygen atoms in total. The van der Waals surface area contributed by atoms with Crippen molar-refractivity contribution in [1.29, 1.82) is 5.41 Å². The van der Waals surface area contributed by atoms with Gasteiger partial charge in [-0.1, -0.05) is 12.1 Å². The van der Waals surface area contributed by atoms with Crippen molar-refractivity contribution >= 4 is 6.21 Å². The van der Waals surface area contributed by atoms with Crippen LogP contribution in [-0.4, -0.2) is 15.8 Å². The molecule has 0 saturated heterocycles. The van der Waals surface area contributed by atoms with Gasteiger partial charge in [0.2, 0.25) is 0 Å². The van der Waals surface area contributed by atoms with E-state index in [1.165, 1.54) is 17.8 Å². The Bertz CT molecular complexity index is 627. The molecule has 19 heavy (non-hydrogen) atoms. The molecule has 0 radical (unpaired) electrons. The molecule has 0 aliphatic carbocycles. The van der Waals surface area contributed by atoms with E-state index in [1.807, 2.05) is 0 Å². The molecule has 0 amide bonds. The van der Waals surface area contributed by atoms with Crippen LogP contribution in [0.4, 0.5) is 13.2 Å². The van der Waals surface area contributed by atoms with Crippen molar-refractivity contribution < 1.29 is 13.2 Å². The van der Waals surface area contributed by atoms with Crippen LogP contribution in [0.1, 0.15) is 16.8 Å². The molecule has 1 N–H and O–H groups in total. The molecule has 0 fully saturated rings. The highest BCUT2D eigenvalue weighted by Gasteiger charge is 2.34. The summed E-state index contributed by atoms with van der Waals surface area (Å²) in [6, 6.07) is 5.08. The van der Waals surface area contributed by atoms with Crippen molar-refractivity contribution in [1.82, 2.24) is 9.55 Å². The second-order valence-corrected chi connectivity index (χ2v) is 4.27. The first-order valence-electron chi connectivity index (χ1n) is 5.55. The summed E-state index contributed by atoms with van der Waals surface area (Å²) in [7, 11) is 1.53. The molecule has 2 rings (SSSR count). The predicted molar refractivity (Wildman–Crippen MR) is 66.3 cm³/mol. The summed E-state index contributed by atoms with van der Waals surface area (Å²) in [5, 5.41) is 7.19. The second-order valence-electron chi connectivity index (χ2n) is 4.27. The number of alkyl halides is 3. The number of hydrogen-bond donors (Lipinski definition) is 1. The molecule has 100 valence electrons. The first-order valence-corrected chi connectivity index (χ1v) is 5.55. The quantitative estimate of drug-likeness (QED) is 0.832. The Labute approximate surface area is 108 Å². The van der Waals surface area contributed by atoms with Crippen LogP contribution >= 0.6 is 0 Å². The lowest BCUT2D eigenvalue weighted by Gasteiger charge is -2.05. The molecule has 0 unspecified atom stereocenters. The maximum atomic E-state index is 12.6. The second kappa shape index (κ2) is 4.53. The molecule has 6 heteroatoms. The van der Waals surface area contributed by atoms with Gasteiger partial charge in [0.05, 0.1) is 0 Å². The lowest BCUT2D eigenvalue weighted by Crippen LogP contribution is -2.04. The van der Waals surface area contributed by atoms with Gasteiger partial charge in [0.25, 0.3) is 0 Å². The van der Waals surface area contributed by atoms with E-state index in [4.69, 9.17) is 5.41 Å². The normalized spacial score (nSPS) is 11.6. The first kappa shape index (κ1) is 13.3. The van der Waals surface area contributed by atoms with Gasteiger partial charge in [0.15, 0.2) is 5.69 Å². The van der Waals surface area contributed by atoms with Gasteiger partial charge < -0.3 is 9.98 Å². The number of imidazole rings is 1. The average Bonchev–Trinajstić information content (AvgIpc) is 2.71. The van der Waals surface area contributed by atoms with Crippen LogP contribution in [-0.2, 0) is 13.2 Å². The summed E-state index contributed by atoms with van der Waals surface area (Å²) in [4.78, 5) is 3.63. The minimum Gasteiger partial charge on any atom is -0.333 e. The van der Waals surface area contributed by atoms with Crippen LogP contribution in [0.2, 0.25) is 0 Å². The van der Waals surface area contributed by atoms with Crippen LogP contribution in [0.5, 0.6) is 0 Å². The van der Waals surface area contributed by atoms with Crippen molar-refractivity contribution in [2.75, 3.05) is 0 Å². The van der Waals surface area contributed by atoms with Gasteiger partial charge in [-0.3, -0.25) is 0 Å². The Morgan fingerprint density at radius 2 is 2.00 bits per heavy atom. The fourth-order valence-corrected chi connectivity index (χ4v) is 1.85. The molecule has 0 atom stereocenters. The van der Waals surface area contributed by atoms with Crippen LogP contribution in [0.25, 0.3) is 11.4 Å². The van der Waals surface area contributed by atoms with E-state index in [2.05, 4.69) is 4.98 Å². The van der Waals surface area contributed by atoms with Crippen molar-refractivity contribution in [3.05, 3.63) is 41.2 Å². The van der Waals surface area contributed by atoms with Crippen LogP contribution in [0.15, 0.2) is 24.4 Å². The monoisotopic (exact) mass is 267 g/mol. The number of aryl methyl sites for hydroxylation is 2. The zero-order chi connectivity index (χ0) is 14.2. The van der Waals surface area contributed by atoms with Crippen LogP contribution in [0.3, 0.4) is 0 Å². The zero-order valence-electron chi connectivity index (χ0n) is 10.4. The minimum absolute atomic E-state index is 0.256. The third kappa shape index (κ3) is 2.52. The summed E-state index contributed by atoms with van der Waals surface area (Å²) in [6.07, 6.45) is -2.27. The van der Waals surface area contributed by atoms with Gasteiger partial charge in [-0.2, -0.15) is 13.2 Å². The maximum Gasteiger partial charge on any atom is 0.434 e. The maximum absolute atomic E-state index is 12.6. The highest BCUT2D eigenvalue weighted by molar-refractivity contribution is 5.80. The van der Waals surface area contributed by atoms with Gasteiger partial charge in [-0.05, 0) is 24.1 Å². The first-order chi connectivity index (χ1) is 8.82. The molecule has 0 saturated carbocycles. The number of halogens is 3. The number of rotatable bonds is 2. The highest BCUT2D eigenvalue weighted by Crippen LogP contribution is 2.30. The fraction of sp³-hybridized carbons (Fsp3) is 0.231. The van der Waals surface area contributed by atoms with Gasteiger partial charge >= 0.3 is 6.18 Å². The molecule has 1 aromatic carbocycles. The van der Waals surface area contributed by atoms with E-state index in [0.29, 0.717) is 5.56 Å². The van der Waals surface area contributed by atoms with E-state index >= 15 is 0 Å². The van der Waals surface area contributed by atoms with Gasteiger partial charge in [-0.15, -0.1) is 0 Å². The number of benzene rings is 1. The zero-order valence-corrected chi connectivity index (χ0v) is 10.4. The summed E-state index contributed by atoms with van der Waals surface area (Å²) in [5.74, 6) is 0.256. The van der Waals surface area contributed by atoms with E-state index < -0.39 is 11.9 Å². The van der Waals surface area contributed by atoms with Crippen molar-refractivity contribution in [2.45, 2.75) is 13.1 Å². The standard InChI is InChI=1S/C13H12F3N3/c1-8-5-9(3-4-10(8)6-17)12-18-11(7-19(12)2)13(14,15)16/h3-7,17H,1-2H3. The third-order valence-corrected chi connectivity index (χ3v) is 2.85. The van der Waals surface area contributed by atoms with E-state index in [1.54, 1.807) is 25.1 Å². The van der Waals surface area contributed by atoms with E-state index in [9.17, 15) is 13.2 Å². The lowest BCUT2D eigenvalue weighted by atomic mass is 10.1. The molecular weight excluding hydrogens is 255 g/mol. The minimum atomic E-state index is -4.44. The number of hydrogen-bond acceptors (Lipinski definition) is 2. The Hall–Kier alpha value is -2.11. The molecule has 1 aromatic heterocycles. The molecule has 0 aliphatic rings. The molecule has 2 aromatic rings. The third-order valence-electron chi connectivity index (χ3n) is 2.85. The lowest BCUT2D eigenvalue weighted by molar-refractivity contribution is -0.140. The summed E-state index contributed by atoms with van der Waals surface area (Å²) >= 11 is 0. The number of aromatic nitrogens is 2. The Morgan fingerprint density at radius 1 is 1.32 bits per heavy atom. The molecule has 0 spiro atoms. The highest BCUT2D eigenvalue weighted by atomic mass is 19.4. The summed E-state index contributed by atoms with van der Waals surface area (Å²) in [5.41, 5.74) is 1.25. The van der Waals surface area contributed by atoms with Crippen LogP contribution in [0, 0.1) is 12.3 Å². The average molecular weight is 267 g/mol. The molecular formula is C13H12F3N3. The van der Waals surface area contributed by atoms with Gasteiger partial charge in [-0.25, -0.2) is 4.98 Å². The van der Waals surface area contributed by atoms with Crippen molar-refractivity contribution in [3.8, 4) is 11.4 Å². The Kier molecular flexibility index (Phi) is 3.18. The summed E-state index contributed by atoms with van der Waals surface area (Å²) < 4.78 is 39.1. The molecule has 1 heterocycles. The van der Waals surface area contributed by atoms with Crippen molar-refractivity contribution in [2.24, 2.45) is 7.05 Å². The molecule has 0 bridgehead atoms. The number of nitrogens with zero attached hydrogens (tertiary/aromatic N) is 2. The van der Waals surface area contributed by atoms with Crippen LogP contribution < -0.4 is 0 Å². The molecule has 0 aliphatic heterocycles. The fourth-order valence-electron chi connectivity index (χ4n) is 1.85. The van der Waals surface area contributed by atoms with Gasteiger partial charge in [0.1, 0.15) is 5.82 Å². The Morgan fingerprint density at radius 3 is 2.47 bits per heavy atom. The largest absolute Gasteiger partial charge is 0.434 e. The SMILES string of the molecule is Cc1cc(-c2nc(C(F)(F)F)cn2C)ccc1C=N. The van der Waals surface area contributed by atoms with Gasteiger partial charge in [0, 0.05) is 25.0 Å². The predicted octanol–water partition coefficient (Wildman–Crippen LogP) is 3.41. The van der Waals surface area contributed by atoms with E-state index in [0.717, 1.165) is 17.3 Å².